The van der Waals surface area contributed by atoms with Gasteiger partial charge in [0.25, 0.3) is 5.89 Å². The first-order valence-corrected chi connectivity index (χ1v) is 11.7. The van der Waals surface area contributed by atoms with Gasteiger partial charge in [-0.25, -0.2) is 4.79 Å². The molecule has 1 N–H and O–H groups in total. The van der Waals surface area contributed by atoms with Gasteiger partial charge >= 0.3 is 6.03 Å². The van der Waals surface area contributed by atoms with E-state index in [4.69, 9.17) is 21.1 Å². The summed E-state index contributed by atoms with van der Waals surface area (Å²) in [6.45, 7) is 8.04. The number of rotatable bonds is 4. The highest BCUT2D eigenvalue weighted by Crippen LogP contribution is 2.39. The Kier molecular flexibility index (Phi) is 5.91. The molecule has 5 rings (SSSR count). The number of aromatic nitrogens is 2. The maximum absolute atomic E-state index is 13.4. The smallest absolute Gasteiger partial charge is 0.326 e. The molecule has 2 amide bonds. The summed E-state index contributed by atoms with van der Waals surface area (Å²) in [7, 11) is 0. The van der Waals surface area contributed by atoms with Gasteiger partial charge in [0.1, 0.15) is 0 Å². The minimum Gasteiger partial charge on any atom is -0.334 e. The Bertz CT molecular complexity index is 1460. The standard InChI is InChI=1S/C28H25ClN4O2/c1-16-8-12-23(13-9-16)33-19(4)24(25(30-28(33)34)20-11-10-17(2)18(3)14-20)27-31-26(32-35-27)21-6-5-7-22(29)15-21/h5-15,25H,1-4H3,(H,30,34). The lowest BCUT2D eigenvalue weighted by Gasteiger charge is -2.35. The van der Waals surface area contributed by atoms with Gasteiger partial charge in [0.2, 0.25) is 5.82 Å². The molecule has 6 nitrogen and oxygen atoms in total. The summed E-state index contributed by atoms with van der Waals surface area (Å²) in [6, 6.07) is 20.6. The van der Waals surface area contributed by atoms with Crippen molar-refractivity contribution in [2.24, 2.45) is 0 Å². The van der Waals surface area contributed by atoms with E-state index in [9.17, 15) is 4.79 Å². The minimum atomic E-state index is -0.448. The second kappa shape index (κ2) is 9.04. The number of carbonyl (C=O) groups excluding carboxylic acids is 1. The van der Waals surface area contributed by atoms with E-state index in [1.165, 1.54) is 5.56 Å². The van der Waals surface area contributed by atoms with Crippen LogP contribution in [0.15, 0.2) is 77.0 Å². The SMILES string of the molecule is CC1=C(c2nc(-c3cccc(Cl)c3)no2)C(c2ccc(C)c(C)c2)NC(=O)N1c1ccc(C)cc1. The fraction of sp³-hybridized carbons (Fsp3) is 0.179. The topological polar surface area (TPSA) is 71.3 Å². The number of aryl methyl sites for hydroxylation is 3. The predicted octanol–water partition coefficient (Wildman–Crippen LogP) is 7.02. The second-order valence-corrected chi connectivity index (χ2v) is 9.27. The van der Waals surface area contributed by atoms with Crippen molar-refractivity contribution in [1.29, 1.82) is 0 Å². The Morgan fingerprint density at radius 1 is 0.943 bits per heavy atom. The summed E-state index contributed by atoms with van der Waals surface area (Å²) in [5.74, 6) is 0.776. The third kappa shape index (κ3) is 4.33. The van der Waals surface area contributed by atoms with Crippen molar-refractivity contribution in [3.05, 3.63) is 106 Å². The number of urea groups is 1. The van der Waals surface area contributed by atoms with Crippen molar-refractivity contribution in [2.75, 3.05) is 4.90 Å². The maximum Gasteiger partial charge on any atom is 0.326 e. The molecular weight excluding hydrogens is 460 g/mol. The van der Waals surface area contributed by atoms with Gasteiger partial charge in [-0.1, -0.05) is 64.8 Å². The Balaban J connectivity index is 1.67. The zero-order valence-electron chi connectivity index (χ0n) is 20.0. The molecule has 1 aliphatic heterocycles. The molecule has 35 heavy (non-hydrogen) atoms. The molecule has 0 bridgehead atoms. The molecule has 0 saturated heterocycles. The summed E-state index contributed by atoms with van der Waals surface area (Å²) >= 11 is 6.17. The zero-order chi connectivity index (χ0) is 24.7. The Hall–Kier alpha value is -3.90. The third-order valence-electron chi connectivity index (χ3n) is 6.38. The molecule has 1 aliphatic rings. The number of hydrogen-bond donors (Lipinski definition) is 1. The molecule has 3 aromatic carbocycles. The fourth-order valence-electron chi connectivity index (χ4n) is 4.30. The van der Waals surface area contributed by atoms with Crippen LogP contribution in [0, 0.1) is 20.8 Å². The van der Waals surface area contributed by atoms with Gasteiger partial charge in [-0.15, -0.1) is 0 Å². The quantitative estimate of drug-likeness (QED) is 0.338. The zero-order valence-corrected chi connectivity index (χ0v) is 20.7. The van der Waals surface area contributed by atoms with Crippen LogP contribution in [-0.4, -0.2) is 16.2 Å². The Labute approximate surface area is 209 Å². The molecule has 1 aromatic heterocycles. The van der Waals surface area contributed by atoms with Crippen LogP contribution in [0.4, 0.5) is 10.5 Å². The molecule has 0 saturated carbocycles. The molecule has 1 unspecified atom stereocenters. The maximum atomic E-state index is 13.4. The highest BCUT2D eigenvalue weighted by molar-refractivity contribution is 6.30. The molecule has 7 heteroatoms. The molecule has 0 aliphatic carbocycles. The number of hydrogen-bond acceptors (Lipinski definition) is 4. The number of halogens is 1. The van der Waals surface area contributed by atoms with Crippen molar-refractivity contribution in [3.63, 3.8) is 0 Å². The lowest BCUT2D eigenvalue weighted by Crippen LogP contribution is -2.46. The Morgan fingerprint density at radius 3 is 2.43 bits per heavy atom. The van der Waals surface area contributed by atoms with Crippen LogP contribution in [0.5, 0.6) is 0 Å². The molecular formula is C28H25ClN4O2. The number of carbonyl (C=O) groups is 1. The summed E-state index contributed by atoms with van der Waals surface area (Å²) in [5, 5.41) is 7.97. The number of allylic oxidation sites excluding steroid dienone is 1. The van der Waals surface area contributed by atoms with Crippen LogP contribution in [0.1, 0.15) is 41.1 Å². The number of nitrogens with one attached hydrogen (secondary N) is 1. The monoisotopic (exact) mass is 484 g/mol. The average Bonchev–Trinajstić information content (AvgIpc) is 3.31. The van der Waals surface area contributed by atoms with Gasteiger partial charge in [-0.3, -0.25) is 4.90 Å². The van der Waals surface area contributed by atoms with Crippen molar-refractivity contribution >= 4 is 28.9 Å². The van der Waals surface area contributed by atoms with Crippen LogP contribution in [-0.2, 0) is 0 Å². The lowest BCUT2D eigenvalue weighted by atomic mass is 9.92. The number of benzene rings is 3. The third-order valence-corrected chi connectivity index (χ3v) is 6.62. The van der Waals surface area contributed by atoms with E-state index < -0.39 is 6.04 Å². The second-order valence-electron chi connectivity index (χ2n) is 8.83. The van der Waals surface area contributed by atoms with Crippen molar-refractivity contribution < 1.29 is 9.32 Å². The summed E-state index contributed by atoms with van der Waals surface area (Å²) in [5.41, 5.74) is 7.36. The molecule has 2 heterocycles. The highest BCUT2D eigenvalue weighted by Gasteiger charge is 2.36. The summed E-state index contributed by atoms with van der Waals surface area (Å²) in [6.07, 6.45) is 0. The first-order valence-electron chi connectivity index (χ1n) is 11.4. The van der Waals surface area contributed by atoms with E-state index in [0.717, 1.165) is 39.2 Å². The van der Waals surface area contributed by atoms with Crippen LogP contribution < -0.4 is 10.2 Å². The minimum absolute atomic E-state index is 0.215. The van der Waals surface area contributed by atoms with Gasteiger partial charge in [0, 0.05) is 16.3 Å². The van der Waals surface area contributed by atoms with Crippen molar-refractivity contribution in [2.45, 2.75) is 33.7 Å². The van der Waals surface area contributed by atoms with Gasteiger partial charge in [0.15, 0.2) is 0 Å². The lowest BCUT2D eigenvalue weighted by molar-refractivity contribution is 0.244. The predicted molar refractivity (Wildman–Crippen MR) is 138 cm³/mol. The number of anilines is 1. The number of nitrogens with zero attached hydrogens (tertiary/aromatic N) is 3. The Morgan fingerprint density at radius 2 is 1.71 bits per heavy atom. The van der Waals surface area contributed by atoms with Gasteiger partial charge in [-0.05, 0) is 68.7 Å². The van der Waals surface area contributed by atoms with Crippen LogP contribution in [0.2, 0.25) is 5.02 Å². The van der Waals surface area contributed by atoms with Crippen LogP contribution in [0.3, 0.4) is 0 Å². The van der Waals surface area contributed by atoms with Crippen molar-refractivity contribution in [1.82, 2.24) is 15.5 Å². The molecule has 1 atom stereocenters. The molecule has 0 radical (unpaired) electrons. The summed E-state index contributed by atoms with van der Waals surface area (Å²) in [4.78, 5) is 19.7. The number of amides is 2. The summed E-state index contributed by atoms with van der Waals surface area (Å²) < 4.78 is 5.77. The van der Waals surface area contributed by atoms with E-state index in [1.54, 1.807) is 17.0 Å². The molecule has 4 aromatic rings. The van der Waals surface area contributed by atoms with Gasteiger partial charge in [0.05, 0.1) is 17.3 Å². The van der Waals surface area contributed by atoms with E-state index >= 15 is 0 Å². The molecule has 0 spiro atoms. The van der Waals surface area contributed by atoms with Crippen LogP contribution >= 0.6 is 11.6 Å². The average molecular weight is 485 g/mol. The fourth-order valence-corrected chi connectivity index (χ4v) is 4.49. The van der Waals surface area contributed by atoms with E-state index in [0.29, 0.717) is 16.7 Å². The van der Waals surface area contributed by atoms with Crippen molar-refractivity contribution in [3.8, 4) is 11.4 Å². The molecule has 176 valence electrons. The first kappa shape index (κ1) is 22.9. The van der Waals surface area contributed by atoms with Gasteiger partial charge < -0.3 is 9.84 Å². The van der Waals surface area contributed by atoms with E-state index in [1.807, 2.05) is 56.3 Å². The molecule has 0 fully saturated rings. The highest BCUT2D eigenvalue weighted by atomic mass is 35.5. The van der Waals surface area contributed by atoms with Crippen LogP contribution in [0.25, 0.3) is 17.0 Å². The largest absolute Gasteiger partial charge is 0.334 e. The normalized spacial score (nSPS) is 16.0. The first-order chi connectivity index (χ1) is 16.8. The van der Waals surface area contributed by atoms with E-state index in [-0.39, 0.29) is 6.03 Å². The van der Waals surface area contributed by atoms with E-state index in [2.05, 4.69) is 36.5 Å². The van der Waals surface area contributed by atoms with Gasteiger partial charge in [-0.2, -0.15) is 4.98 Å².